The number of anilines is 2. The van der Waals surface area contributed by atoms with Gasteiger partial charge in [0.2, 0.25) is 11.8 Å². The van der Waals surface area contributed by atoms with Gasteiger partial charge in [-0.05, 0) is 86.3 Å². The predicted octanol–water partition coefficient (Wildman–Crippen LogP) is 12.0. The summed E-state index contributed by atoms with van der Waals surface area (Å²) in [5.74, 6) is -4.37. The fourth-order valence-corrected chi connectivity index (χ4v) is 9.31. The first-order valence-electron chi connectivity index (χ1n) is 23.2. The summed E-state index contributed by atoms with van der Waals surface area (Å²) in [4.78, 5) is 60.4. The summed E-state index contributed by atoms with van der Waals surface area (Å²) in [7, 11) is 0. The SMILES string of the molecule is CCCCCCCCOC(=O)[C@H]1[C@@H](c2ccc(C)cc2)N2[C@H](C(=O)OCCCCCCCC)[C@@H](C(=O)Nc3ccc(Cl)cc3)[C@@H](c3ccc(C)cc3)N2[C@H]1C(=O)Nc1ccc(Cl)cc1. The molecule has 2 aliphatic heterocycles. The molecule has 4 aromatic carbocycles. The molecule has 0 aliphatic carbocycles. The van der Waals surface area contributed by atoms with Gasteiger partial charge in [-0.1, -0.05) is 161 Å². The van der Waals surface area contributed by atoms with Gasteiger partial charge in [-0.15, -0.1) is 0 Å². The van der Waals surface area contributed by atoms with Gasteiger partial charge < -0.3 is 20.1 Å². The quantitative estimate of drug-likeness (QED) is 0.0591. The number of hydrogen-bond donors (Lipinski definition) is 2. The van der Waals surface area contributed by atoms with Crippen molar-refractivity contribution in [3.05, 3.63) is 129 Å². The van der Waals surface area contributed by atoms with Gasteiger partial charge >= 0.3 is 11.9 Å². The van der Waals surface area contributed by atoms with E-state index in [9.17, 15) is 4.79 Å². The first-order valence-corrected chi connectivity index (χ1v) is 23.9. The highest BCUT2D eigenvalue weighted by atomic mass is 35.5. The van der Waals surface area contributed by atoms with E-state index in [4.69, 9.17) is 32.7 Å². The van der Waals surface area contributed by atoms with E-state index in [-0.39, 0.29) is 13.2 Å². The average molecular weight is 912 g/mol. The molecule has 2 N–H and O–H groups in total. The maximum absolute atomic E-state index is 15.2. The van der Waals surface area contributed by atoms with Gasteiger partial charge in [0.05, 0.1) is 31.2 Å². The van der Waals surface area contributed by atoms with Gasteiger partial charge in [-0.25, -0.2) is 10.0 Å². The molecule has 10 nitrogen and oxygen atoms in total. The Morgan fingerprint density at radius 2 is 0.875 bits per heavy atom. The highest BCUT2D eigenvalue weighted by Crippen LogP contribution is 2.56. The average Bonchev–Trinajstić information content (AvgIpc) is 3.81. The predicted molar refractivity (Wildman–Crippen MR) is 255 cm³/mol. The van der Waals surface area contributed by atoms with E-state index in [1.807, 2.05) is 62.4 Å². The van der Waals surface area contributed by atoms with Crippen molar-refractivity contribution in [2.24, 2.45) is 11.8 Å². The number of fused-ring (bicyclic) bond motifs is 1. The molecule has 342 valence electrons. The third kappa shape index (κ3) is 12.3. The Kier molecular flexibility index (Phi) is 18.2. The maximum atomic E-state index is 15.2. The Bertz CT molecular complexity index is 2130. The summed E-state index contributed by atoms with van der Waals surface area (Å²) in [5, 5.41) is 10.7. The molecule has 64 heavy (non-hydrogen) atoms. The summed E-state index contributed by atoms with van der Waals surface area (Å²) in [6.45, 7) is 8.64. The normalized spacial score (nSPS) is 20.7. The molecule has 0 aromatic heterocycles. The number of unbranched alkanes of at least 4 members (excludes halogenated alkanes) is 10. The number of carbonyl (C=O) groups excluding carboxylic acids is 4. The summed E-state index contributed by atoms with van der Waals surface area (Å²) < 4.78 is 12.3. The van der Waals surface area contributed by atoms with Crippen LogP contribution in [0.1, 0.15) is 125 Å². The first-order chi connectivity index (χ1) is 31.0. The van der Waals surface area contributed by atoms with E-state index in [0.29, 0.717) is 45.4 Å². The Morgan fingerprint density at radius 3 is 1.34 bits per heavy atom. The number of rotatable bonds is 22. The van der Waals surface area contributed by atoms with Crippen LogP contribution < -0.4 is 10.6 Å². The van der Waals surface area contributed by atoms with Crippen molar-refractivity contribution in [2.75, 3.05) is 23.8 Å². The number of halogens is 2. The molecule has 0 unspecified atom stereocenters. The number of amides is 2. The lowest BCUT2D eigenvalue weighted by Crippen LogP contribution is -2.48. The van der Waals surface area contributed by atoms with Gasteiger partial charge in [0.1, 0.15) is 18.0 Å². The number of carbonyl (C=O) groups is 4. The second-order valence-corrected chi connectivity index (χ2v) is 18.1. The molecule has 2 amide bonds. The van der Waals surface area contributed by atoms with Crippen molar-refractivity contribution in [3.63, 3.8) is 0 Å². The Hall–Kier alpha value is -4.74. The number of benzene rings is 4. The van der Waals surface area contributed by atoms with Crippen LogP contribution in [0.25, 0.3) is 0 Å². The molecule has 6 atom stereocenters. The number of esters is 2. The molecule has 2 aliphatic rings. The molecule has 4 aromatic rings. The zero-order valence-electron chi connectivity index (χ0n) is 37.7. The monoisotopic (exact) mass is 910 g/mol. The summed E-state index contributed by atoms with van der Waals surface area (Å²) in [5.41, 5.74) is 4.31. The van der Waals surface area contributed by atoms with Crippen LogP contribution >= 0.6 is 23.2 Å². The minimum atomic E-state index is -1.26. The second-order valence-electron chi connectivity index (χ2n) is 17.3. The summed E-state index contributed by atoms with van der Waals surface area (Å²) in [6.07, 6.45) is 12.0. The fourth-order valence-electron chi connectivity index (χ4n) is 9.05. The lowest BCUT2D eigenvalue weighted by atomic mass is 9.81. The minimum absolute atomic E-state index is 0.162. The van der Waals surface area contributed by atoms with Crippen molar-refractivity contribution in [1.82, 2.24) is 10.0 Å². The standard InChI is InChI=1S/C52H64Cl2N4O6/c1-5-7-9-11-13-15-33-63-51(61)44-46(38-23-19-36(4)20-24-38)58-48(52(62)64-34-16-14-12-10-8-6-2)43(49(59)55-41-29-25-39(53)26-30-41)45(37-21-17-35(3)18-22-37)57(58)47(44)50(60)56-42-31-27-40(54)28-32-42/h17-32,43-48H,5-16,33-34H2,1-4H3,(H,55,59)(H,56,60)/t43-,44-,45+,46+,47+,48-/m0/s1. The van der Waals surface area contributed by atoms with Gasteiger partial charge in [0, 0.05) is 21.4 Å². The van der Waals surface area contributed by atoms with E-state index in [1.165, 1.54) is 0 Å². The largest absolute Gasteiger partial charge is 0.465 e. The van der Waals surface area contributed by atoms with Crippen molar-refractivity contribution in [1.29, 1.82) is 0 Å². The summed E-state index contributed by atoms with van der Waals surface area (Å²) >= 11 is 12.5. The number of nitrogens with one attached hydrogen (secondary N) is 2. The molecular formula is C52H64Cl2N4O6. The van der Waals surface area contributed by atoms with Crippen LogP contribution in [0.5, 0.6) is 0 Å². The zero-order chi connectivity index (χ0) is 45.6. The van der Waals surface area contributed by atoms with Crippen LogP contribution in [-0.4, -0.2) is 59.1 Å². The Morgan fingerprint density at radius 1 is 0.484 bits per heavy atom. The number of hydrogen-bond acceptors (Lipinski definition) is 8. The van der Waals surface area contributed by atoms with Crippen molar-refractivity contribution < 1.29 is 28.7 Å². The lowest BCUT2D eigenvalue weighted by Gasteiger charge is -2.33. The van der Waals surface area contributed by atoms with Crippen LogP contribution in [-0.2, 0) is 28.7 Å². The highest BCUT2D eigenvalue weighted by molar-refractivity contribution is 6.31. The van der Waals surface area contributed by atoms with Crippen LogP contribution in [0.4, 0.5) is 11.4 Å². The second kappa shape index (κ2) is 24.0. The molecule has 0 saturated carbocycles. The number of ether oxygens (including phenoxy) is 2. The van der Waals surface area contributed by atoms with Crippen LogP contribution in [0, 0.1) is 25.7 Å². The first kappa shape index (κ1) is 48.7. The van der Waals surface area contributed by atoms with Crippen LogP contribution in [0.15, 0.2) is 97.1 Å². The molecular weight excluding hydrogens is 847 g/mol. The number of hydrazine groups is 1. The smallest absolute Gasteiger partial charge is 0.325 e. The summed E-state index contributed by atoms with van der Waals surface area (Å²) in [6, 6.07) is 24.7. The fraction of sp³-hybridized carbons (Fsp3) is 0.462. The van der Waals surface area contributed by atoms with E-state index < -0.39 is 59.8 Å². The number of aryl methyl sites for hydroxylation is 2. The van der Waals surface area contributed by atoms with Crippen molar-refractivity contribution in [3.8, 4) is 0 Å². The molecule has 2 fully saturated rings. The third-order valence-corrected chi connectivity index (χ3v) is 12.9. The molecule has 0 bridgehead atoms. The third-order valence-electron chi connectivity index (χ3n) is 12.4. The Balaban J connectivity index is 1.50. The molecule has 2 saturated heterocycles. The minimum Gasteiger partial charge on any atom is -0.465 e. The van der Waals surface area contributed by atoms with E-state index >= 15 is 14.4 Å². The van der Waals surface area contributed by atoms with E-state index in [2.05, 4.69) is 24.5 Å². The molecule has 2 heterocycles. The van der Waals surface area contributed by atoms with E-state index in [0.717, 1.165) is 75.3 Å². The molecule has 6 rings (SSSR count). The topological polar surface area (TPSA) is 117 Å². The van der Waals surface area contributed by atoms with Gasteiger partial charge in [0.15, 0.2) is 0 Å². The van der Waals surface area contributed by atoms with Crippen molar-refractivity contribution >= 4 is 58.3 Å². The van der Waals surface area contributed by atoms with Gasteiger partial charge in [0.25, 0.3) is 0 Å². The Labute approximate surface area is 389 Å². The molecule has 0 radical (unpaired) electrons. The van der Waals surface area contributed by atoms with Crippen molar-refractivity contribution in [2.45, 2.75) is 129 Å². The highest BCUT2D eigenvalue weighted by Gasteiger charge is 2.68. The van der Waals surface area contributed by atoms with Gasteiger partial charge in [-0.3, -0.25) is 19.2 Å². The molecule has 0 spiro atoms. The van der Waals surface area contributed by atoms with Gasteiger partial charge in [-0.2, -0.15) is 0 Å². The number of nitrogens with zero attached hydrogens (tertiary/aromatic N) is 2. The van der Waals surface area contributed by atoms with Crippen LogP contribution in [0.3, 0.4) is 0 Å². The maximum Gasteiger partial charge on any atom is 0.325 e. The lowest BCUT2D eigenvalue weighted by molar-refractivity contribution is -0.158. The van der Waals surface area contributed by atoms with Crippen LogP contribution in [0.2, 0.25) is 10.0 Å². The van der Waals surface area contributed by atoms with E-state index in [1.54, 1.807) is 58.5 Å². The molecule has 12 heteroatoms. The zero-order valence-corrected chi connectivity index (χ0v) is 39.2.